The zero-order valence-electron chi connectivity index (χ0n) is 11.0. The van der Waals surface area contributed by atoms with Crippen molar-refractivity contribution in [3.05, 3.63) is 51.7 Å². The van der Waals surface area contributed by atoms with Gasteiger partial charge in [-0.2, -0.15) is 0 Å². The van der Waals surface area contributed by atoms with Crippen molar-refractivity contribution in [2.75, 3.05) is 0 Å². The molecule has 1 aromatic carbocycles. The minimum Gasteiger partial charge on any atom is -0.342 e. The maximum absolute atomic E-state index is 13.2. The molecule has 1 aromatic heterocycles. The molecule has 0 spiro atoms. The maximum atomic E-state index is 13.2. The van der Waals surface area contributed by atoms with E-state index in [9.17, 15) is 9.18 Å². The number of rotatable bonds is 3. The molecule has 19 heavy (non-hydrogen) atoms. The third kappa shape index (κ3) is 3.17. The third-order valence-corrected chi connectivity index (χ3v) is 3.60. The summed E-state index contributed by atoms with van der Waals surface area (Å²) in [6, 6.07) is 6.22. The standard InChI is InChI=1S/C14H15FN2OS/c1-9-16-12(8-19-9)13(18)17-14(2,3)10-5-4-6-11(15)7-10/h4-8H,1-3H3,(H,17,18). The molecule has 1 amide bonds. The van der Waals surface area contributed by atoms with Gasteiger partial charge in [0.15, 0.2) is 0 Å². The summed E-state index contributed by atoms with van der Waals surface area (Å²) < 4.78 is 13.2. The van der Waals surface area contributed by atoms with Crippen LogP contribution in [0.25, 0.3) is 0 Å². The Hall–Kier alpha value is -1.75. The number of halogens is 1. The van der Waals surface area contributed by atoms with E-state index < -0.39 is 5.54 Å². The summed E-state index contributed by atoms with van der Waals surface area (Å²) in [6.07, 6.45) is 0. The average Bonchev–Trinajstić information content (AvgIpc) is 2.75. The van der Waals surface area contributed by atoms with E-state index in [4.69, 9.17) is 0 Å². The molecular weight excluding hydrogens is 263 g/mol. The van der Waals surface area contributed by atoms with Crippen molar-refractivity contribution < 1.29 is 9.18 Å². The first kappa shape index (κ1) is 13.7. The van der Waals surface area contributed by atoms with Gasteiger partial charge in [-0.1, -0.05) is 12.1 Å². The second-order valence-corrected chi connectivity index (χ2v) is 5.90. The summed E-state index contributed by atoms with van der Waals surface area (Å²) in [4.78, 5) is 16.2. The molecule has 0 aliphatic rings. The number of aromatic nitrogens is 1. The van der Waals surface area contributed by atoms with Gasteiger partial charge in [-0.3, -0.25) is 4.79 Å². The molecule has 2 rings (SSSR count). The van der Waals surface area contributed by atoms with Crippen LogP contribution in [0, 0.1) is 12.7 Å². The smallest absolute Gasteiger partial charge is 0.271 e. The van der Waals surface area contributed by atoms with Crippen molar-refractivity contribution in [1.29, 1.82) is 0 Å². The normalized spacial score (nSPS) is 11.4. The molecule has 0 aliphatic heterocycles. The van der Waals surface area contributed by atoms with Gasteiger partial charge in [-0.05, 0) is 38.5 Å². The van der Waals surface area contributed by atoms with Crippen LogP contribution in [-0.4, -0.2) is 10.9 Å². The van der Waals surface area contributed by atoms with Crippen molar-refractivity contribution in [2.24, 2.45) is 0 Å². The van der Waals surface area contributed by atoms with Crippen LogP contribution in [0.4, 0.5) is 4.39 Å². The lowest BCUT2D eigenvalue weighted by molar-refractivity contribution is 0.0907. The summed E-state index contributed by atoms with van der Waals surface area (Å²) >= 11 is 1.43. The Morgan fingerprint density at radius 2 is 2.16 bits per heavy atom. The Kier molecular flexibility index (Phi) is 3.66. The van der Waals surface area contributed by atoms with Crippen molar-refractivity contribution in [3.8, 4) is 0 Å². The molecule has 0 unspecified atom stereocenters. The van der Waals surface area contributed by atoms with Crippen LogP contribution in [-0.2, 0) is 5.54 Å². The molecule has 5 heteroatoms. The minimum atomic E-state index is -0.656. The first-order chi connectivity index (χ1) is 8.88. The molecule has 0 saturated heterocycles. The molecule has 1 N–H and O–H groups in total. The lowest BCUT2D eigenvalue weighted by Crippen LogP contribution is -2.41. The monoisotopic (exact) mass is 278 g/mol. The number of carbonyl (C=O) groups excluding carboxylic acids is 1. The number of hydrogen-bond donors (Lipinski definition) is 1. The molecular formula is C14H15FN2OS. The SMILES string of the molecule is Cc1nc(C(=O)NC(C)(C)c2cccc(F)c2)cs1. The molecule has 0 radical (unpaired) electrons. The van der Waals surface area contributed by atoms with Gasteiger partial charge >= 0.3 is 0 Å². The number of thiazole rings is 1. The number of aryl methyl sites for hydroxylation is 1. The van der Waals surface area contributed by atoms with Crippen LogP contribution in [0.3, 0.4) is 0 Å². The topological polar surface area (TPSA) is 42.0 Å². The molecule has 0 aliphatic carbocycles. The fourth-order valence-corrected chi connectivity index (χ4v) is 2.36. The molecule has 2 aromatic rings. The molecule has 100 valence electrons. The van der Waals surface area contributed by atoms with Gasteiger partial charge in [0.25, 0.3) is 5.91 Å². The fourth-order valence-electron chi connectivity index (χ4n) is 1.76. The van der Waals surface area contributed by atoms with Crippen LogP contribution < -0.4 is 5.32 Å². The Labute approximate surface area is 115 Å². The van der Waals surface area contributed by atoms with E-state index in [2.05, 4.69) is 10.3 Å². The Morgan fingerprint density at radius 1 is 1.42 bits per heavy atom. The highest BCUT2D eigenvalue weighted by atomic mass is 32.1. The molecule has 3 nitrogen and oxygen atoms in total. The Balaban J connectivity index is 2.19. The van der Waals surface area contributed by atoms with Crippen molar-refractivity contribution in [2.45, 2.75) is 26.3 Å². The van der Waals surface area contributed by atoms with Crippen molar-refractivity contribution in [3.63, 3.8) is 0 Å². The second kappa shape index (κ2) is 5.09. The number of nitrogens with zero attached hydrogens (tertiary/aromatic N) is 1. The number of hydrogen-bond acceptors (Lipinski definition) is 3. The molecule has 0 fully saturated rings. The Morgan fingerprint density at radius 3 is 2.74 bits per heavy atom. The highest BCUT2D eigenvalue weighted by Crippen LogP contribution is 2.21. The number of nitrogens with one attached hydrogen (secondary N) is 1. The fraction of sp³-hybridized carbons (Fsp3) is 0.286. The molecule has 0 saturated carbocycles. The van der Waals surface area contributed by atoms with E-state index in [-0.39, 0.29) is 11.7 Å². The highest BCUT2D eigenvalue weighted by Gasteiger charge is 2.24. The van der Waals surface area contributed by atoms with E-state index in [1.807, 2.05) is 20.8 Å². The summed E-state index contributed by atoms with van der Waals surface area (Å²) in [7, 11) is 0. The molecule has 0 atom stereocenters. The van der Waals surface area contributed by atoms with E-state index in [1.54, 1.807) is 17.5 Å². The van der Waals surface area contributed by atoms with Crippen molar-refractivity contribution >= 4 is 17.2 Å². The second-order valence-electron chi connectivity index (χ2n) is 4.84. The van der Waals surface area contributed by atoms with E-state index >= 15 is 0 Å². The molecule has 1 heterocycles. The average molecular weight is 278 g/mol. The maximum Gasteiger partial charge on any atom is 0.271 e. The third-order valence-electron chi connectivity index (χ3n) is 2.82. The highest BCUT2D eigenvalue weighted by molar-refractivity contribution is 7.09. The first-order valence-corrected chi connectivity index (χ1v) is 6.77. The van der Waals surface area contributed by atoms with E-state index in [1.165, 1.54) is 23.5 Å². The van der Waals surface area contributed by atoms with Gasteiger partial charge in [0.2, 0.25) is 0 Å². The predicted octanol–water partition coefficient (Wildman–Crippen LogP) is 3.26. The van der Waals surface area contributed by atoms with Gasteiger partial charge in [0.05, 0.1) is 10.5 Å². The summed E-state index contributed by atoms with van der Waals surface area (Å²) in [5, 5.41) is 5.42. The first-order valence-electron chi connectivity index (χ1n) is 5.89. The van der Waals surface area contributed by atoms with Crippen LogP contribution in [0.1, 0.15) is 34.9 Å². The van der Waals surface area contributed by atoms with Crippen LogP contribution in [0.5, 0.6) is 0 Å². The van der Waals surface area contributed by atoms with Gasteiger partial charge < -0.3 is 5.32 Å². The summed E-state index contributed by atoms with van der Waals surface area (Å²) in [5.74, 6) is -0.567. The minimum absolute atomic E-state index is 0.251. The number of carbonyl (C=O) groups is 1. The van der Waals surface area contributed by atoms with Crippen LogP contribution >= 0.6 is 11.3 Å². The Bertz CT molecular complexity index is 607. The van der Waals surface area contributed by atoms with Gasteiger partial charge in [0.1, 0.15) is 11.5 Å². The zero-order chi connectivity index (χ0) is 14.0. The van der Waals surface area contributed by atoms with Crippen molar-refractivity contribution in [1.82, 2.24) is 10.3 Å². The van der Waals surface area contributed by atoms with Gasteiger partial charge in [-0.25, -0.2) is 9.37 Å². The number of benzene rings is 1. The van der Waals surface area contributed by atoms with Crippen LogP contribution in [0.2, 0.25) is 0 Å². The lowest BCUT2D eigenvalue weighted by atomic mass is 9.94. The quantitative estimate of drug-likeness (QED) is 0.936. The lowest BCUT2D eigenvalue weighted by Gasteiger charge is -2.26. The largest absolute Gasteiger partial charge is 0.342 e. The van der Waals surface area contributed by atoms with E-state index in [0.717, 1.165) is 5.01 Å². The van der Waals surface area contributed by atoms with Gasteiger partial charge in [0, 0.05) is 5.38 Å². The predicted molar refractivity (Wildman–Crippen MR) is 73.7 cm³/mol. The van der Waals surface area contributed by atoms with Crippen LogP contribution in [0.15, 0.2) is 29.6 Å². The van der Waals surface area contributed by atoms with E-state index in [0.29, 0.717) is 11.3 Å². The zero-order valence-corrected chi connectivity index (χ0v) is 11.8. The van der Waals surface area contributed by atoms with Gasteiger partial charge in [-0.15, -0.1) is 11.3 Å². The number of amides is 1. The molecule has 0 bridgehead atoms. The summed E-state index contributed by atoms with van der Waals surface area (Å²) in [6.45, 7) is 5.51. The summed E-state index contributed by atoms with van der Waals surface area (Å²) in [5.41, 5.74) is 0.455.